The molecule has 3 atom stereocenters. The number of nitrogens with one attached hydrogen (secondary N) is 1. The van der Waals surface area contributed by atoms with Crippen molar-refractivity contribution in [2.45, 2.75) is 52.0 Å². The van der Waals surface area contributed by atoms with E-state index in [9.17, 15) is 19.2 Å². The first-order valence-electron chi connectivity index (χ1n) is 8.26. The number of likely N-dealkylation sites (tertiary alicyclic amines) is 1. The molecule has 1 aliphatic carbocycles. The SMILES string of the molecule is CC(C)[C@H](NC(=O)CCN1C(=O)[C@H]2CCCC[C@@H]2C1=O)C(N)=O. The molecule has 1 heterocycles. The molecule has 0 aromatic rings. The lowest BCUT2D eigenvalue weighted by Crippen LogP contribution is -2.48. The lowest BCUT2D eigenvalue weighted by Gasteiger charge is -2.20. The van der Waals surface area contributed by atoms with Gasteiger partial charge in [0.2, 0.25) is 23.6 Å². The molecule has 0 spiro atoms. The lowest BCUT2D eigenvalue weighted by atomic mass is 9.81. The van der Waals surface area contributed by atoms with Crippen molar-refractivity contribution in [3.8, 4) is 0 Å². The minimum absolute atomic E-state index is 0.00653. The number of primary amides is 1. The monoisotopic (exact) mass is 323 g/mol. The van der Waals surface area contributed by atoms with E-state index in [1.165, 1.54) is 4.90 Å². The van der Waals surface area contributed by atoms with Crippen LogP contribution in [0, 0.1) is 17.8 Å². The number of rotatable bonds is 6. The lowest BCUT2D eigenvalue weighted by molar-refractivity contribution is -0.140. The van der Waals surface area contributed by atoms with E-state index in [-0.39, 0.29) is 48.4 Å². The van der Waals surface area contributed by atoms with Gasteiger partial charge >= 0.3 is 0 Å². The maximum absolute atomic E-state index is 12.3. The molecule has 4 amide bonds. The van der Waals surface area contributed by atoms with Crippen LogP contribution in [0.1, 0.15) is 46.0 Å². The first-order valence-corrected chi connectivity index (χ1v) is 8.26. The van der Waals surface area contributed by atoms with E-state index >= 15 is 0 Å². The van der Waals surface area contributed by atoms with Crippen LogP contribution in [0.4, 0.5) is 0 Å². The predicted octanol–water partition coefficient (Wildman–Crippen LogP) is 0.178. The molecule has 1 saturated carbocycles. The fourth-order valence-electron chi connectivity index (χ4n) is 3.48. The summed E-state index contributed by atoms with van der Waals surface area (Å²) >= 11 is 0. The summed E-state index contributed by atoms with van der Waals surface area (Å²) in [6.45, 7) is 3.64. The molecule has 1 saturated heterocycles. The minimum Gasteiger partial charge on any atom is -0.368 e. The quantitative estimate of drug-likeness (QED) is 0.679. The van der Waals surface area contributed by atoms with Crippen molar-refractivity contribution >= 4 is 23.6 Å². The topological polar surface area (TPSA) is 110 Å². The summed E-state index contributed by atoms with van der Waals surface area (Å²) in [5, 5.41) is 2.57. The van der Waals surface area contributed by atoms with Crippen molar-refractivity contribution in [1.82, 2.24) is 10.2 Å². The van der Waals surface area contributed by atoms with E-state index in [4.69, 9.17) is 5.73 Å². The third-order valence-electron chi connectivity index (χ3n) is 4.78. The summed E-state index contributed by atoms with van der Waals surface area (Å²) in [6, 6.07) is -0.741. The van der Waals surface area contributed by atoms with Crippen molar-refractivity contribution in [1.29, 1.82) is 0 Å². The summed E-state index contributed by atoms with van der Waals surface area (Å²) < 4.78 is 0. The van der Waals surface area contributed by atoms with Crippen LogP contribution >= 0.6 is 0 Å². The zero-order valence-corrected chi connectivity index (χ0v) is 13.7. The van der Waals surface area contributed by atoms with Gasteiger partial charge in [0, 0.05) is 13.0 Å². The highest BCUT2D eigenvalue weighted by atomic mass is 16.2. The fourth-order valence-corrected chi connectivity index (χ4v) is 3.48. The number of nitrogens with zero attached hydrogens (tertiary/aromatic N) is 1. The number of amides is 4. The van der Waals surface area contributed by atoms with Gasteiger partial charge in [-0.3, -0.25) is 24.1 Å². The van der Waals surface area contributed by atoms with Crippen molar-refractivity contribution < 1.29 is 19.2 Å². The highest BCUT2D eigenvalue weighted by Gasteiger charge is 2.47. The Labute approximate surface area is 135 Å². The summed E-state index contributed by atoms with van der Waals surface area (Å²) in [7, 11) is 0. The smallest absolute Gasteiger partial charge is 0.240 e. The molecule has 0 unspecified atom stereocenters. The average Bonchev–Trinajstić information content (AvgIpc) is 2.74. The number of hydrogen-bond acceptors (Lipinski definition) is 4. The Kier molecular flexibility index (Phi) is 5.38. The molecule has 2 aliphatic rings. The van der Waals surface area contributed by atoms with Gasteiger partial charge in [0.05, 0.1) is 11.8 Å². The molecule has 2 fully saturated rings. The normalized spacial score (nSPS) is 25.4. The molecular weight excluding hydrogens is 298 g/mol. The average molecular weight is 323 g/mol. The van der Waals surface area contributed by atoms with Crippen LogP contribution in [0.15, 0.2) is 0 Å². The van der Waals surface area contributed by atoms with Crippen LogP contribution < -0.4 is 11.1 Å². The summed E-state index contributed by atoms with van der Waals surface area (Å²) in [5.41, 5.74) is 5.26. The van der Waals surface area contributed by atoms with Gasteiger partial charge in [-0.25, -0.2) is 0 Å². The number of nitrogens with two attached hydrogens (primary N) is 1. The molecule has 0 aromatic heterocycles. The summed E-state index contributed by atoms with van der Waals surface area (Å²) in [6.07, 6.45) is 3.46. The highest BCUT2D eigenvalue weighted by Crippen LogP contribution is 2.37. The van der Waals surface area contributed by atoms with Gasteiger partial charge in [0.1, 0.15) is 6.04 Å². The van der Waals surface area contributed by atoms with Crippen LogP contribution in [-0.4, -0.2) is 41.1 Å². The Balaban J connectivity index is 1.90. The van der Waals surface area contributed by atoms with Crippen molar-refractivity contribution in [2.24, 2.45) is 23.5 Å². The molecule has 2 rings (SSSR count). The van der Waals surface area contributed by atoms with Crippen molar-refractivity contribution in [2.75, 3.05) is 6.54 Å². The maximum Gasteiger partial charge on any atom is 0.240 e. The second-order valence-electron chi connectivity index (χ2n) is 6.77. The van der Waals surface area contributed by atoms with Crippen LogP contribution in [0.3, 0.4) is 0 Å². The molecule has 0 aromatic carbocycles. The van der Waals surface area contributed by atoms with Crippen LogP contribution in [-0.2, 0) is 19.2 Å². The van der Waals surface area contributed by atoms with E-state index in [0.29, 0.717) is 0 Å². The number of carbonyl (C=O) groups is 4. The number of carbonyl (C=O) groups excluding carboxylic acids is 4. The van der Waals surface area contributed by atoms with Gasteiger partial charge in [-0.15, -0.1) is 0 Å². The Hall–Kier alpha value is -1.92. The van der Waals surface area contributed by atoms with Gasteiger partial charge in [-0.05, 0) is 18.8 Å². The summed E-state index contributed by atoms with van der Waals surface area (Å²) in [5.74, 6) is -1.78. The molecule has 7 heteroatoms. The van der Waals surface area contributed by atoms with E-state index < -0.39 is 11.9 Å². The zero-order valence-electron chi connectivity index (χ0n) is 13.7. The Morgan fingerprint density at radius 1 is 1.17 bits per heavy atom. The summed E-state index contributed by atoms with van der Waals surface area (Å²) in [4.78, 5) is 49.1. The number of hydrogen-bond donors (Lipinski definition) is 2. The molecular formula is C16H25N3O4. The van der Waals surface area contributed by atoms with Gasteiger partial charge in [-0.2, -0.15) is 0 Å². The fraction of sp³-hybridized carbons (Fsp3) is 0.750. The number of imide groups is 1. The van der Waals surface area contributed by atoms with Crippen LogP contribution in [0.2, 0.25) is 0 Å². The van der Waals surface area contributed by atoms with Gasteiger partial charge in [0.25, 0.3) is 0 Å². The Morgan fingerprint density at radius 2 is 1.70 bits per heavy atom. The standard InChI is InChI=1S/C16H25N3O4/c1-9(2)13(14(17)21)18-12(20)7-8-19-15(22)10-5-3-4-6-11(10)16(19)23/h9-11,13H,3-8H2,1-2H3,(H2,17,21)(H,18,20)/t10-,11-,13-/m0/s1. The first-order chi connectivity index (χ1) is 10.8. The molecule has 1 aliphatic heterocycles. The first kappa shape index (κ1) is 17.4. The Bertz CT molecular complexity index is 493. The van der Waals surface area contributed by atoms with Crippen LogP contribution in [0.25, 0.3) is 0 Å². The predicted molar refractivity (Wildman–Crippen MR) is 82.7 cm³/mol. The second-order valence-corrected chi connectivity index (χ2v) is 6.77. The molecule has 128 valence electrons. The van der Waals surface area contributed by atoms with Gasteiger partial charge in [-0.1, -0.05) is 26.7 Å². The molecule has 7 nitrogen and oxygen atoms in total. The van der Waals surface area contributed by atoms with Crippen molar-refractivity contribution in [3.63, 3.8) is 0 Å². The number of fused-ring (bicyclic) bond motifs is 1. The third-order valence-corrected chi connectivity index (χ3v) is 4.78. The largest absolute Gasteiger partial charge is 0.368 e. The molecule has 3 N–H and O–H groups in total. The molecule has 0 bridgehead atoms. The van der Waals surface area contributed by atoms with E-state index in [0.717, 1.165) is 25.7 Å². The van der Waals surface area contributed by atoms with E-state index in [1.807, 2.05) is 0 Å². The van der Waals surface area contributed by atoms with E-state index in [2.05, 4.69) is 5.32 Å². The zero-order chi connectivity index (χ0) is 17.1. The molecule has 23 heavy (non-hydrogen) atoms. The van der Waals surface area contributed by atoms with Gasteiger partial charge in [0.15, 0.2) is 0 Å². The van der Waals surface area contributed by atoms with Crippen molar-refractivity contribution in [3.05, 3.63) is 0 Å². The second kappa shape index (κ2) is 7.10. The van der Waals surface area contributed by atoms with Crippen LogP contribution in [0.5, 0.6) is 0 Å². The highest BCUT2D eigenvalue weighted by molar-refractivity contribution is 6.05. The maximum atomic E-state index is 12.3. The Morgan fingerprint density at radius 3 is 2.13 bits per heavy atom. The minimum atomic E-state index is -0.741. The van der Waals surface area contributed by atoms with E-state index in [1.54, 1.807) is 13.8 Å². The molecule has 0 radical (unpaired) electrons. The van der Waals surface area contributed by atoms with Gasteiger partial charge < -0.3 is 11.1 Å². The third kappa shape index (κ3) is 3.71.